The molecule has 0 fully saturated rings. The summed E-state index contributed by atoms with van der Waals surface area (Å²) < 4.78 is 0. The molecule has 0 spiro atoms. The molecule has 0 radical (unpaired) electrons. The third-order valence-corrected chi connectivity index (χ3v) is 3.10. The molecular weight excluding hydrogens is 307 g/mol. The number of aryl methyl sites for hydroxylation is 2. The number of rotatable bonds is 6. The van der Waals surface area contributed by atoms with Gasteiger partial charge in [-0.25, -0.2) is 24.3 Å². The van der Waals surface area contributed by atoms with E-state index in [1.165, 1.54) is 49.7 Å². The maximum Gasteiger partial charge on any atom is 0 e. The van der Waals surface area contributed by atoms with E-state index in [1.807, 2.05) is 0 Å². The van der Waals surface area contributed by atoms with E-state index in [1.54, 1.807) is 0 Å². The summed E-state index contributed by atoms with van der Waals surface area (Å²) in [5, 5.41) is 0. The van der Waals surface area contributed by atoms with E-state index < -0.39 is 0 Å². The van der Waals surface area contributed by atoms with Crippen molar-refractivity contribution >= 4 is 0 Å². The standard InChI is InChI=1S/2C9H13.Zr/c2*1-2-3-6-9-7-4-5-8-9;/h2*4-5,7-8H,2-3,6H2,1H3;/q2*-1;. The number of hydrogen-bond acceptors (Lipinski definition) is 0. The van der Waals surface area contributed by atoms with Gasteiger partial charge in [0.25, 0.3) is 0 Å². The monoisotopic (exact) mass is 332 g/mol. The Morgan fingerprint density at radius 1 is 0.632 bits per heavy atom. The maximum atomic E-state index is 2.23. The summed E-state index contributed by atoms with van der Waals surface area (Å²) in [5.74, 6) is 0. The van der Waals surface area contributed by atoms with E-state index in [0.29, 0.717) is 0 Å². The predicted octanol–water partition coefficient (Wildman–Crippen LogP) is 5.49. The van der Waals surface area contributed by atoms with E-state index in [2.05, 4.69) is 62.4 Å². The third kappa shape index (κ3) is 9.17. The Morgan fingerprint density at radius 3 is 1.21 bits per heavy atom. The zero-order chi connectivity index (χ0) is 13.1. The first kappa shape index (κ1) is 18.6. The SMILES string of the molecule is CCCC[c-]1cccc1.CCCC[c-]1cccc1.[Zr]. The minimum atomic E-state index is 0. The summed E-state index contributed by atoms with van der Waals surface area (Å²) in [7, 11) is 0. The maximum absolute atomic E-state index is 2.23. The minimum absolute atomic E-state index is 0. The molecule has 0 saturated heterocycles. The molecule has 2 rings (SSSR count). The van der Waals surface area contributed by atoms with E-state index in [-0.39, 0.29) is 26.2 Å². The summed E-state index contributed by atoms with van der Waals surface area (Å²) in [6.45, 7) is 4.45. The summed E-state index contributed by atoms with van der Waals surface area (Å²) in [5.41, 5.74) is 2.97. The Kier molecular flexibility index (Phi) is 12.3. The van der Waals surface area contributed by atoms with Crippen molar-refractivity contribution in [2.24, 2.45) is 0 Å². The molecule has 0 N–H and O–H groups in total. The average Bonchev–Trinajstić information content (AvgIpc) is 3.07. The van der Waals surface area contributed by atoms with E-state index >= 15 is 0 Å². The first-order valence-electron chi connectivity index (χ1n) is 7.28. The average molecular weight is 334 g/mol. The Balaban J connectivity index is 0.000000324. The molecule has 0 unspecified atom stereocenters. The Bertz CT molecular complexity index is 318. The minimum Gasteiger partial charge on any atom is -0.213 e. The van der Waals surface area contributed by atoms with Crippen LogP contribution in [0.2, 0.25) is 0 Å². The largest absolute Gasteiger partial charge is 0.213 e. The zero-order valence-corrected chi connectivity index (χ0v) is 14.8. The van der Waals surface area contributed by atoms with Crippen LogP contribution in [0.3, 0.4) is 0 Å². The van der Waals surface area contributed by atoms with Crippen molar-refractivity contribution in [3.8, 4) is 0 Å². The Hall–Kier alpha value is -0.417. The third-order valence-electron chi connectivity index (χ3n) is 3.10. The molecule has 1 heteroatoms. The van der Waals surface area contributed by atoms with Gasteiger partial charge in [-0.15, -0.1) is 0 Å². The van der Waals surface area contributed by atoms with Crippen LogP contribution < -0.4 is 0 Å². The molecule has 2 aromatic carbocycles. The summed E-state index contributed by atoms with van der Waals surface area (Å²) in [6.07, 6.45) is 7.75. The normalized spacial score (nSPS) is 9.37. The molecule has 19 heavy (non-hydrogen) atoms. The number of hydrogen-bond donors (Lipinski definition) is 0. The second kappa shape index (κ2) is 12.6. The van der Waals surface area contributed by atoms with Gasteiger partial charge in [-0.2, -0.15) is 35.4 Å². The van der Waals surface area contributed by atoms with E-state index in [4.69, 9.17) is 0 Å². The van der Waals surface area contributed by atoms with Crippen LogP contribution >= 0.6 is 0 Å². The van der Waals surface area contributed by atoms with Gasteiger partial charge < -0.3 is 0 Å². The van der Waals surface area contributed by atoms with Crippen molar-refractivity contribution in [2.75, 3.05) is 0 Å². The fourth-order valence-electron chi connectivity index (χ4n) is 1.92. The fraction of sp³-hybridized carbons (Fsp3) is 0.444. The molecule has 0 atom stereocenters. The zero-order valence-electron chi connectivity index (χ0n) is 12.4. The van der Waals surface area contributed by atoms with Gasteiger partial charge in [0.05, 0.1) is 0 Å². The van der Waals surface area contributed by atoms with Crippen molar-refractivity contribution in [2.45, 2.75) is 52.4 Å². The molecule has 0 nitrogen and oxygen atoms in total. The molecule has 0 heterocycles. The van der Waals surface area contributed by atoms with Crippen LogP contribution in [0, 0.1) is 0 Å². The fourth-order valence-corrected chi connectivity index (χ4v) is 1.92. The van der Waals surface area contributed by atoms with Crippen molar-refractivity contribution in [1.29, 1.82) is 0 Å². The van der Waals surface area contributed by atoms with Gasteiger partial charge in [-0.1, -0.05) is 52.4 Å². The van der Waals surface area contributed by atoms with Crippen molar-refractivity contribution in [1.82, 2.24) is 0 Å². The molecule has 104 valence electrons. The van der Waals surface area contributed by atoms with Crippen LogP contribution in [0.25, 0.3) is 0 Å². The van der Waals surface area contributed by atoms with Gasteiger partial charge in [0.1, 0.15) is 0 Å². The van der Waals surface area contributed by atoms with Gasteiger partial charge in [0.15, 0.2) is 0 Å². The van der Waals surface area contributed by atoms with Crippen LogP contribution in [0.5, 0.6) is 0 Å². The molecule has 0 bridgehead atoms. The Morgan fingerprint density at radius 2 is 0.947 bits per heavy atom. The first-order chi connectivity index (χ1) is 8.86. The topological polar surface area (TPSA) is 0 Å². The van der Waals surface area contributed by atoms with Gasteiger partial charge in [0.2, 0.25) is 0 Å². The Labute approximate surface area is 138 Å². The van der Waals surface area contributed by atoms with Gasteiger partial charge in [-0.05, 0) is 0 Å². The van der Waals surface area contributed by atoms with Crippen LogP contribution in [0.4, 0.5) is 0 Å². The van der Waals surface area contributed by atoms with Gasteiger partial charge >= 0.3 is 0 Å². The van der Waals surface area contributed by atoms with Crippen LogP contribution in [-0.2, 0) is 39.0 Å². The summed E-state index contributed by atoms with van der Waals surface area (Å²) >= 11 is 0. The second-order valence-electron chi connectivity index (χ2n) is 4.79. The molecule has 0 aromatic heterocycles. The molecule has 0 amide bonds. The second-order valence-corrected chi connectivity index (χ2v) is 4.79. The molecule has 0 aliphatic carbocycles. The first-order valence-corrected chi connectivity index (χ1v) is 7.28. The van der Waals surface area contributed by atoms with Crippen molar-refractivity contribution < 1.29 is 26.2 Å². The van der Waals surface area contributed by atoms with E-state index in [0.717, 1.165) is 0 Å². The van der Waals surface area contributed by atoms with Crippen molar-refractivity contribution in [3.05, 3.63) is 59.7 Å². The number of unbranched alkanes of at least 4 members (excludes halogenated alkanes) is 2. The van der Waals surface area contributed by atoms with Crippen molar-refractivity contribution in [3.63, 3.8) is 0 Å². The predicted molar refractivity (Wildman–Crippen MR) is 81.3 cm³/mol. The van der Waals surface area contributed by atoms with Crippen LogP contribution in [0.15, 0.2) is 48.5 Å². The molecule has 0 aliphatic heterocycles. The van der Waals surface area contributed by atoms with Crippen LogP contribution in [0.1, 0.15) is 50.7 Å². The smallest absolute Gasteiger partial charge is 0 e. The molecule has 2 aromatic rings. The van der Waals surface area contributed by atoms with E-state index in [9.17, 15) is 0 Å². The van der Waals surface area contributed by atoms with Crippen LogP contribution in [-0.4, -0.2) is 0 Å². The van der Waals surface area contributed by atoms with Gasteiger partial charge in [0, 0.05) is 26.2 Å². The molecular formula is C18H26Zr-2. The van der Waals surface area contributed by atoms with Gasteiger partial charge in [-0.3, -0.25) is 0 Å². The molecule has 0 saturated carbocycles. The molecule has 0 aliphatic rings. The summed E-state index contributed by atoms with van der Waals surface area (Å²) in [6, 6.07) is 17.2. The summed E-state index contributed by atoms with van der Waals surface area (Å²) in [4.78, 5) is 0. The quantitative estimate of drug-likeness (QED) is 0.613.